The summed E-state index contributed by atoms with van der Waals surface area (Å²) in [6.45, 7) is 4.82. The smallest absolute Gasteiger partial charge is 0.238 e. The van der Waals surface area contributed by atoms with Crippen LogP contribution in [0.4, 0.5) is 5.13 Å². The molecular formula is C20H29N5O2S. The van der Waals surface area contributed by atoms with Crippen LogP contribution in [0.5, 0.6) is 0 Å². The Labute approximate surface area is 170 Å². The standard InChI is InChI=1S/C19H25N5O2S.CH4/c1-14(25)23-8-10-24(11-9-23)19-21-17(13-27-19)7-6-15-2-4-16(5-3-15)12-18(26)22-20;/h2-5,13H,6-12,20H2,1H3,(H,22,26);1H4. The third-order valence-corrected chi connectivity index (χ3v) is 5.70. The first-order valence-corrected chi connectivity index (χ1v) is 9.95. The van der Waals surface area contributed by atoms with Gasteiger partial charge in [0.05, 0.1) is 12.1 Å². The van der Waals surface area contributed by atoms with Gasteiger partial charge in [0.15, 0.2) is 5.13 Å². The van der Waals surface area contributed by atoms with Gasteiger partial charge in [-0.1, -0.05) is 31.7 Å². The van der Waals surface area contributed by atoms with E-state index in [9.17, 15) is 9.59 Å². The second kappa shape index (κ2) is 10.2. The number of aryl methyl sites for hydroxylation is 2. The minimum absolute atomic E-state index is 0. The largest absolute Gasteiger partial charge is 0.345 e. The maximum absolute atomic E-state index is 11.4. The van der Waals surface area contributed by atoms with Gasteiger partial charge in [-0.2, -0.15) is 0 Å². The molecule has 7 nitrogen and oxygen atoms in total. The van der Waals surface area contributed by atoms with Gasteiger partial charge in [-0.25, -0.2) is 10.8 Å². The van der Waals surface area contributed by atoms with Gasteiger partial charge in [0, 0.05) is 38.5 Å². The zero-order valence-electron chi connectivity index (χ0n) is 15.5. The van der Waals surface area contributed by atoms with Crippen LogP contribution in [0.3, 0.4) is 0 Å². The van der Waals surface area contributed by atoms with Gasteiger partial charge in [-0.05, 0) is 24.0 Å². The molecule has 0 bridgehead atoms. The van der Waals surface area contributed by atoms with E-state index in [1.165, 1.54) is 5.56 Å². The third kappa shape index (κ3) is 5.77. The first kappa shape index (κ1) is 21.8. The number of nitrogens with zero attached hydrogens (tertiary/aromatic N) is 3. The van der Waals surface area contributed by atoms with E-state index in [4.69, 9.17) is 10.8 Å². The van der Waals surface area contributed by atoms with Gasteiger partial charge in [0.1, 0.15) is 0 Å². The number of anilines is 1. The van der Waals surface area contributed by atoms with E-state index in [0.29, 0.717) is 6.42 Å². The first-order valence-electron chi connectivity index (χ1n) is 9.07. The van der Waals surface area contributed by atoms with Crippen LogP contribution in [0.25, 0.3) is 0 Å². The Kier molecular flexibility index (Phi) is 7.95. The summed E-state index contributed by atoms with van der Waals surface area (Å²) in [4.78, 5) is 31.6. The lowest BCUT2D eigenvalue weighted by Crippen LogP contribution is -2.48. The molecule has 152 valence electrons. The molecular weight excluding hydrogens is 374 g/mol. The Hall–Kier alpha value is -2.45. The number of hydrogen-bond donors (Lipinski definition) is 2. The number of rotatable bonds is 6. The van der Waals surface area contributed by atoms with E-state index < -0.39 is 0 Å². The van der Waals surface area contributed by atoms with Crippen molar-refractivity contribution in [1.82, 2.24) is 15.3 Å². The molecule has 28 heavy (non-hydrogen) atoms. The maximum atomic E-state index is 11.4. The van der Waals surface area contributed by atoms with Crippen molar-refractivity contribution in [2.24, 2.45) is 5.84 Å². The van der Waals surface area contributed by atoms with Crippen LogP contribution in [-0.4, -0.2) is 47.9 Å². The van der Waals surface area contributed by atoms with Crippen molar-refractivity contribution in [3.05, 3.63) is 46.5 Å². The van der Waals surface area contributed by atoms with Crippen LogP contribution in [-0.2, 0) is 28.9 Å². The lowest BCUT2D eigenvalue weighted by Gasteiger charge is -2.33. The van der Waals surface area contributed by atoms with Crippen LogP contribution in [0.2, 0.25) is 0 Å². The van der Waals surface area contributed by atoms with Crippen LogP contribution in [0.1, 0.15) is 31.2 Å². The summed E-state index contributed by atoms with van der Waals surface area (Å²) in [5.41, 5.74) is 5.40. The average Bonchev–Trinajstić information content (AvgIpc) is 3.16. The Morgan fingerprint density at radius 3 is 2.36 bits per heavy atom. The van der Waals surface area contributed by atoms with E-state index in [1.807, 2.05) is 29.2 Å². The lowest BCUT2D eigenvalue weighted by molar-refractivity contribution is -0.129. The monoisotopic (exact) mass is 403 g/mol. The number of aromatic nitrogens is 1. The number of nitrogens with two attached hydrogens (primary N) is 1. The molecule has 1 aromatic heterocycles. The molecule has 0 spiro atoms. The molecule has 3 N–H and O–H groups in total. The van der Waals surface area contributed by atoms with E-state index in [0.717, 1.165) is 55.4 Å². The topological polar surface area (TPSA) is 91.6 Å². The first-order chi connectivity index (χ1) is 13.0. The Balaban J connectivity index is 0.00000280. The predicted molar refractivity (Wildman–Crippen MR) is 113 cm³/mol. The summed E-state index contributed by atoms with van der Waals surface area (Å²) in [5, 5.41) is 3.16. The molecule has 8 heteroatoms. The number of piperazine rings is 1. The van der Waals surface area contributed by atoms with Gasteiger partial charge in [0.25, 0.3) is 0 Å². The fourth-order valence-corrected chi connectivity index (χ4v) is 4.02. The fourth-order valence-electron chi connectivity index (χ4n) is 3.10. The number of carbonyl (C=O) groups is 2. The molecule has 0 radical (unpaired) electrons. The van der Waals surface area contributed by atoms with Crippen molar-refractivity contribution < 1.29 is 9.59 Å². The van der Waals surface area contributed by atoms with Crippen LogP contribution >= 0.6 is 11.3 Å². The van der Waals surface area contributed by atoms with Gasteiger partial charge >= 0.3 is 0 Å². The molecule has 3 rings (SSSR count). The molecule has 2 aromatic rings. The average molecular weight is 404 g/mol. The molecule has 1 saturated heterocycles. The number of benzene rings is 1. The summed E-state index contributed by atoms with van der Waals surface area (Å²) in [7, 11) is 0. The number of thiazole rings is 1. The van der Waals surface area contributed by atoms with E-state index in [-0.39, 0.29) is 19.2 Å². The molecule has 0 aliphatic carbocycles. The maximum Gasteiger partial charge on any atom is 0.238 e. The van der Waals surface area contributed by atoms with Gasteiger partial charge in [0.2, 0.25) is 11.8 Å². The number of carbonyl (C=O) groups excluding carboxylic acids is 2. The molecule has 1 fully saturated rings. The molecule has 1 aliphatic heterocycles. The summed E-state index contributed by atoms with van der Waals surface area (Å²) >= 11 is 1.67. The summed E-state index contributed by atoms with van der Waals surface area (Å²) in [6, 6.07) is 8.03. The molecule has 0 atom stereocenters. The second-order valence-corrected chi connectivity index (χ2v) is 7.51. The quantitative estimate of drug-likeness (QED) is 0.436. The zero-order chi connectivity index (χ0) is 19.2. The molecule has 1 aromatic carbocycles. The molecule has 0 saturated carbocycles. The highest BCUT2D eigenvalue weighted by Crippen LogP contribution is 2.23. The highest BCUT2D eigenvalue weighted by molar-refractivity contribution is 7.13. The summed E-state index contributed by atoms with van der Waals surface area (Å²) in [6.07, 6.45) is 2.08. The third-order valence-electron chi connectivity index (χ3n) is 4.75. The van der Waals surface area contributed by atoms with Crippen molar-refractivity contribution in [2.45, 2.75) is 33.6 Å². The highest BCUT2D eigenvalue weighted by Gasteiger charge is 2.20. The van der Waals surface area contributed by atoms with Crippen LogP contribution in [0, 0.1) is 0 Å². The Bertz CT molecular complexity index is 782. The number of hydrazine groups is 1. The molecule has 0 unspecified atom stereocenters. The van der Waals surface area contributed by atoms with Crippen molar-refractivity contribution in [1.29, 1.82) is 0 Å². The number of amides is 2. The number of hydrogen-bond acceptors (Lipinski definition) is 6. The Morgan fingerprint density at radius 1 is 1.11 bits per heavy atom. The molecule has 2 heterocycles. The van der Waals surface area contributed by atoms with Gasteiger partial charge in [-0.3, -0.25) is 15.0 Å². The molecule has 2 amide bonds. The SMILES string of the molecule is C.CC(=O)N1CCN(c2nc(CCc3ccc(CC(=O)NN)cc3)cs2)CC1. The van der Waals surface area contributed by atoms with Crippen LogP contribution < -0.4 is 16.2 Å². The van der Waals surface area contributed by atoms with Crippen molar-refractivity contribution in [3.8, 4) is 0 Å². The zero-order valence-corrected chi connectivity index (χ0v) is 16.3. The highest BCUT2D eigenvalue weighted by atomic mass is 32.1. The predicted octanol–water partition coefficient (Wildman–Crippen LogP) is 1.77. The van der Waals surface area contributed by atoms with Crippen molar-refractivity contribution in [3.63, 3.8) is 0 Å². The van der Waals surface area contributed by atoms with Gasteiger partial charge in [-0.15, -0.1) is 11.3 Å². The van der Waals surface area contributed by atoms with E-state index in [1.54, 1.807) is 18.3 Å². The summed E-state index contributed by atoms with van der Waals surface area (Å²) in [5.74, 6) is 5.06. The Morgan fingerprint density at radius 2 is 1.75 bits per heavy atom. The van der Waals surface area contributed by atoms with Gasteiger partial charge < -0.3 is 9.80 Å². The normalized spacial score (nSPS) is 13.8. The molecule has 1 aliphatic rings. The fraction of sp³-hybridized carbons (Fsp3) is 0.450. The lowest BCUT2D eigenvalue weighted by atomic mass is 10.0. The van der Waals surface area contributed by atoms with Crippen molar-refractivity contribution in [2.75, 3.05) is 31.1 Å². The number of nitrogens with one attached hydrogen (secondary N) is 1. The van der Waals surface area contributed by atoms with E-state index in [2.05, 4.69) is 15.7 Å². The summed E-state index contributed by atoms with van der Waals surface area (Å²) < 4.78 is 0. The van der Waals surface area contributed by atoms with Crippen molar-refractivity contribution >= 4 is 28.3 Å². The minimum atomic E-state index is -0.193. The van der Waals surface area contributed by atoms with E-state index >= 15 is 0 Å². The minimum Gasteiger partial charge on any atom is -0.345 e. The second-order valence-electron chi connectivity index (χ2n) is 6.68. The van der Waals surface area contributed by atoms with Crippen LogP contribution in [0.15, 0.2) is 29.6 Å².